The molecule has 0 saturated carbocycles. The van der Waals surface area contributed by atoms with E-state index in [1.165, 1.54) is 18.0 Å². The van der Waals surface area contributed by atoms with Gasteiger partial charge in [0, 0.05) is 4.73 Å². The van der Waals surface area contributed by atoms with E-state index in [-0.39, 0.29) is 11.8 Å². The maximum atomic E-state index is 11.3. The summed E-state index contributed by atoms with van der Waals surface area (Å²) >= 11 is 0. The molecule has 0 bridgehead atoms. The Bertz CT molecular complexity index is 924. The minimum Gasteiger partial charge on any atom is -0.655 e. The van der Waals surface area contributed by atoms with Crippen LogP contribution in [0.1, 0.15) is 80.9 Å². The number of aromatic nitrogens is 2. The van der Waals surface area contributed by atoms with E-state index in [1.807, 2.05) is 0 Å². The predicted molar refractivity (Wildman–Crippen MR) is 156 cm³/mol. The fourth-order valence-corrected chi connectivity index (χ4v) is 2.92. The van der Waals surface area contributed by atoms with Crippen LogP contribution in [-0.4, -0.2) is 30.5 Å². The Morgan fingerprint density at radius 1 is 1.00 bits per heavy atom. The maximum Gasteiger partial charge on any atom is 0.336 e. The third-order valence-corrected chi connectivity index (χ3v) is 4.89. The number of hydrogen-bond acceptors (Lipinski definition) is 4. The van der Waals surface area contributed by atoms with Crippen molar-refractivity contribution >= 4 is 11.8 Å². The zero-order chi connectivity index (χ0) is 28.3. The van der Waals surface area contributed by atoms with E-state index in [2.05, 4.69) is 97.3 Å². The molecule has 0 atom stereocenters. The number of nitrogens with zero attached hydrogens (tertiary/aromatic N) is 3. The molecule has 8 heteroatoms. The van der Waals surface area contributed by atoms with E-state index < -0.39 is 0 Å². The second-order valence-electron chi connectivity index (χ2n) is 8.16. The minimum atomic E-state index is -0.339. The van der Waals surface area contributed by atoms with Gasteiger partial charge in [0.05, 0.1) is 5.91 Å². The first-order valence-corrected chi connectivity index (χ1v) is 13.2. The molecule has 0 fully saturated rings. The number of amides is 2. The number of carbonyl (C=O) groups excluding carboxylic acids is 2. The Labute approximate surface area is 230 Å². The summed E-state index contributed by atoms with van der Waals surface area (Å²) in [6.45, 7) is 8.18. The van der Waals surface area contributed by atoms with Crippen molar-refractivity contribution in [2.75, 3.05) is 13.7 Å². The van der Waals surface area contributed by atoms with Crippen molar-refractivity contribution in [2.24, 2.45) is 0 Å². The number of carbonyl (C=O) groups is 2. The molecular formula is C31H46LrN4O3-2. The largest absolute Gasteiger partial charge is 0.655 e. The molecule has 0 aliphatic heterocycles. The van der Waals surface area contributed by atoms with Gasteiger partial charge < -0.3 is 22.4 Å². The summed E-state index contributed by atoms with van der Waals surface area (Å²) in [5, 5.41) is 6.15. The van der Waals surface area contributed by atoms with E-state index in [4.69, 9.17) is 4.84 Å². The molecule has 1 N–H and O–H groups in total. The predicted octanol–water partition coefficient (Wildman–Crippen LogP) is 6.29. The number of hydrogen-bond donors (Lipinski definition) is 1. The van der Waals surface area contributed by atoms with Crippen LogP contribution in [0.3, 0.4) is 0 Å². The van der Waals surface area contributed by atoms with Gasteiger partial charge in [-0.1, -0.05) is 67.7 Å². The van der Waals surface area contributed by atoms with E-state index >= 15 is 0 Å². The molecule has 2 amide bonds. The van der Waals surface area contributed by atoms with Crippen LogP contribution in [0, 0.1) is 20.9 Å². The third kappa shape index (κ3) is 21.3. The summed E-state index contributed by atoms with van der Waals surface area (Å²) in [5.41, 5.74) is 1.07. The monoisotopic (exact) mass is 784 g/mol. The zero-order valence-corrected chi connectivity index (χ0v) is 25.9. The fourth-order valence-electron chi connectivity index (χ4n) is 2.92. The van der Waals surface area contributed by atoms with Gasteiger partial charge in [0.25, 0.3) is 5.91 Å². The van der Waals surface area contributed by atoms with Crippen LogP contribution < -0.4 is 14.9 Å². The van der Waals surface area contributed by atoms with Gasteiger partial charge in [-0.05, 0) is 58.3 Å². The summed E-state index contributed by atoms with van der Waals surface area (Å²) < 4.78 is 1.34. The molecule has 1 aromatic rings. The molecule has 0 unspecified atom stereocenters. The molecule has 7 nitrogen and oxygen atoms in total. The standard InChI is InChI=1S/C23H36NO.C8H11N3O2.Lr/c1-3-5-6-7-8-9-10-11-12-13-14-15-16-17-18-19-20-21-23(25)24-22-4-2;1-6-5-11(13-3)7(4-10-6)8(12)9-2;/h5-6,8-9,11-12,14-15,17-18H,2-4,7,10,13,16,19-22H2,1H3,(H,24,25);4-5H,2H2,1,3H3,(H,9,12);/q-1;;/p-1/b6-5-,9-8-,12-11-,15-14-,18-17-;;. The SMILES string of the molecule is [CH2-]CC[N-]C(=O)CCC/C=C\C/C=C\C/C=C\C/C=C\C/C=C\CC.[CH2-]NC(=O)c1cnc(C)c[n+]1OC.[Lr]. The second kappa shape index (κ2) is 26.6. The summed E-state index contributed by atoms with van der Waals surface area (Å²) in [6, 6.07) is 0. The number of rotatable bonds is 17. The molecule has 1 radical (unpaired) electrons. The quantitative estimate of drug-likeness (QED) is 0.0872. The molecule has 0 aliphatic rings. The van der Waals surface area contributed by atoms with Gasteiger partial charge in [-0.25, -0.2) is 4.98 Å². The van der Waals surface area contributed by atoms with Crippen molar-refractivity contribution < 1.29 is 19.2 Å². The first-order chi connectivity index (χ1) is 18.5. The summed E-state index contributed by atoms with van der Waals surface area (Å²) in [7, 11) is 4.74. The third-order valence-electron chi connectivity index (χ3n) is 4.89. The van der Waals surface area contributed by atoms with Crippen LogP contribution in [0.15, 0.2) is 73.2 Å². The molecule has 1 rings (SSSR count). The van der Waals surface area contributed by atoms with E-state index in [0.29, 0.717) is 25.1 Å². The number of allylic oxidation sites excluding steroid dienone is 10. The average Bonchev–Trinajstić information content (AvgIpc) is 2.93. The Balaban J connectivity index is 0. The van der Waals surface area contributed by atoms with Gasteiger partial charge in [0.15, 0.2) is 0 Å². The molecule has 39 heavy (non-hydrogen) atoms. The van der Waals surface area contributed by atoms with Crippen molar-refractivity contribution in [3.8, 4) is 0 Å². The summed E-state index contributed by atoms with van der Waals surface area (Å²) in [5.74, 6) is -0.328. The molecule has 0 saturated heterocycles. The van der Waals surface area contributed by atoms with Gasteiger partial charge in [-0.3, -0.25) is 16.7 Å². The van der Waals surface area contributed by atoms with Crippen LogP contribution in [0.25, 0.3) is 5.32 Å². The fraction of sp³-hybridized carbons (Fsp3) is 0.419. The smallest absolute Gasteiger partial charge is 0.336 e. The average molecular weight is 785 g/mol. The summed E-state index contributed by atoms with van der Waals surface area (Å²) in [4.78, 5) is 31.4. The molecule has 1 aromatic heterocycles. The van der Waals surface area contributed by atoms with Crippen LogP contribution in [0.2, 0.25) is 0 Å². The second-order valence-corrected chi connectivity index (χ2v) is 8.16. The van der Waals surface area contributed by atoms with Crippen LogP contribution >= 0.6 is 0 Å². The van der Waals surface area contributed by atoms with Crippen LogP contribution in [0.5, 0.6) is 0 Å². The van der Waals surface area contributed by atoms with Gasteiger partial charge >= 0.3 is 5.69 Å². The molecular weight excluding hydrogens is 738 g/mol. The Kier molecular flexibility index (Phi) is 25.0. The topological polar surface area (TPSA) is 86.3 Å². The first-order valence-electron chi connectivity index (χ1n) is 13.2. The van der Waals surface area contributed by atoms with E-state index in [9.17, 15) is 9.59 Å². The van der Waals surface area contributed by atoms with E-state index in [1.54, 1.807) is 13.1 Å². The van der Waals surface area contributed by atoms with Crippen molar-refractivity contribution in [1.29, 1.82) is 0 Å². The minimum absolute atomic E-state index is 0. The number of unbranched alkanes of at least 4 members (excludes halogenated alkanes) is 1. The van der Waals surface area contributed by atoms with Crippen molar-refractivity contribution in [3.63, 3.8) is 0 Å². The molecule has 1 heterocycles. The molecule has 0 spiro atoms. The van der Waals surface area contributed by atoms with Crippen molar-refractivity contribution in [2.45, 2.75) is 71.6 Å². The number of aryl methyl sites for hydroxylation is 1. The molecule has 0 aromatic carbocycles. The van der Waals surface area contributed by atoms with Gasteiger partial charge in [-0.2, -0.15) is 13.0 Å². The van der Waals surface area contributed by atoms with Crippen LogP contribution in [-0.2, 0) is 4.79 Å². The summed E-state index contributed by atoms with van der Waals surface area (Å²) in [6.07, 6.45) is 33.1. The Morgan fingerprint density at radius 2 is 1.54 bits per heavy atom. The van der Waals surface area contributed by atoms with Crippen LogP contribution in [0.4, 0.5) is 0 Å². The van der Waals surface area contributed by atoms with E-state index in [0.717, 1.165) is 50.6 Å². The molecule has 0 aliphatic carbocycles. The Morgan fingerprint density at radius 3 is 2.03 bits per heavy atom. The molecule has 225 valence electrons. The Hall–Kier alpha value is -4.48. The van der Waals surface area contributed by atoms with Gasteiger partial charge in [-0.15, -0.1) is 0 Å². The van der Waals surface area contributed by atoms with Crippen molar-refractivity contribution in [3.05, 3.63) is 104 Å². The van der Waals surface area contributed by atoms with Gasteiger partial charge in [0.1, 0.15) is 19.0 Å². The zero-order valence-electron chi connectivity index (χ0n) is 23.7. The normalized spacial score (nSPS) is 11.2. The maximum absolute atomic E-state index is 11.3. The van der Waals surface area contributed by atoms with Gasteiger partial charge in [0.2, 0.25) is 6.20 Å². The number of nitrogens with one attached hydrogen (secondary N) is 1. The van der Waals surface area contributed by atoms with Crippen molar-refractivity contribution in [1.82, 2.24) is 10.3 Å². The first kappa shape index (κ1) is 36.7.